The van der Waals surface area contributed by atoms with E-state index in [2.05, 4.69) is 47.8 Å². The Morgan fingerprint density at radius 1 is 1.33 bits per heavy atom. The maximum absolute atomic E-state index is 6.38. The van der Waals surface area contributed by atoms with Gasteiger partial charge in [0.05, 0.1) is 10.6 Å². The molecular formula is C16H22ClN3S. The van der Waals surface area contributed by atoms with Crippen molar-refractivity contribution < 1.29 is 0 Å². The number of likely N-dealkylation sites (N-methyl/N-ethyl adjacent to an activating group) is 1. The van der Waals surface area contributed by atoms with E-state index in [1.807, 2.05) is 6.07 Å². The fraction of sp³-hybridized carbons (Fsp3) is 0.500. The van der Waals surface area contributed by atoms with Crippen molar-refractivity contribution in [2.24, 2.45) is 0 Å². The highest BCUT2D eigenvalue weighted by molar-refractivity contribution is 7.05. The monoisotopic (exact) mass is 323 g/mol. The maximum atomic E-state index is 6.38. The third-order valence-electron chi connectivity index (χ3n) is 3.47. The Labute approximate surface area is 135 Å². The van der Waals surface area contributed by atoms with E-state index < -0.39 is 0 Å². The summed E-state index contributed by atoms with van der Waals surface area (Å²) in [7, 11) is 0. The van der Waals surface area contributed by atoms with Crippen molar-refractivity contribution in [3.8, 4) is 0 Å². The summed E-state index contributed by atoms with van der Waals surface area (Å²) in [5.41, 5.74) is 3.48. The molecule has 3 nitrogen and oxygen atoms in total. The molecule has 1 aromatic heterocycles. The van der Waals surface area contributed by atoms with Crippen LogP contribution >= 0.6 is 23.1 Å². The largest absolute Gasteiger partial charge is 0.309 e. The minimum absolute atomic E-state index is 0.233. The van der Waals surface area contributed by atoms with Gasteiger partial charge in [-0.25, -0.2) is 0 Å². The van der Waals surface area contributed by atoms with Crippen LogP contribution in [-0.2, 0) is 12.8 Å². The molecule has 114 valence electrons. The van der Waals surface area contributed by atoms with Gasteiger partial charge in [0.2, 0.25) is 0 Å². The fourth-order valence-corrected chi connectivity index (χ4v) is 3.51. The Morgan fingerprint density at radius 2 is 2.14 bits per heavy atom. The lowest BCUT2D eigenvalue weighted by molar-refractivity contribution is 0.552. The molecule has 1 heterocycles. The predicted molar refractivity (Wildman–Crippen MR) is 90.2 cm³/mol. The van der Waals surface area contributed by atoms with E-state index in [0.717, 1.165) is 36.5 Å². The molecule has 0 aliphatic rings. The molecule has 1 unspecified atom stereocenters. The predicted octanol–water partition coefficient (Wildman–Crippen LogP) is 4.35. The molecule has 1 atom stereocenters. The summed E-state index contributed by atoms with van der Waals surface area (Å²) in [6.45, 7) is 7.27. The van der Waals surface area contributed by atoms with Gasteiger partial charge in [0.15, 0.2) is 0 Å². The molecule has 1 aromatic carbocycles. The third kappa shape index (κ3) is 4.25. The summed E-state index contributed by atoms with van der Waals surface area (Å²) in [4.78, 5) is 1.25. The molecule has 0 aliphatic carbocycles. The second-order valence-corrected chi connectivity index (χ2v) is 6.44. The first-order valence-corrected chi connectivity index (χ1v) is 8.60. The van der Waals surface area contributed by atoms with Gasteiger partial charge in [-0.1, -0.05) is 48.5 Å². The zero-order chi connectivity index (χ0) is 15.2. The van der Waals surface area contributed by atoms with Crippen LogP contribution in [-0.4, -0.2) is 16.1 Å². The van der Waals surface area contributed by atoms with Crippen LogP contribution in [0.25, 0.3) is 0 Å². The molecule has 2 rings (SSSR count). The number of benzene rings is 1. The third-order valence-corrected chi connectivity index (χ3v) is 4.70. The van der Waals surface area contributed by atoms with E-state index >= 15 is 0 Å². The average molecular weight is 324 g/mol. The van der Waals surface area contributed by atoms with E-state index in [1.54, 1.807) is 0 Å². The Kier molecular flexibility index (Phi) is 6.15. The van der Waals surface area contributed by atoms with Crippen LogP contribution < -0.4 is 5.32 Å². The number of aromatic nitrogens is 2. The molecule has 0 amide bonds. The SMILES string of the molecule is CCCc1nnsc1C(Cc1ccc(C)cc1Cl)NCC. The lowest BCUT2D eigenvalue weighted by Gasteiger charge is -2.18. The van der Waals surface area contributed by atoms with Crippen LogP contribution in [0, 0.1) is 6.92 Å². The fourth-order valence-electron chi connectivity index (χ4n) is 2.43. The second kappa shape index (κ2) is 7.87. The van der Waals surface area contributed by atoms with Crippen molar-refractivity contribution in [2.45, 2.75) is 46.1 Å². The Hall–Kier alpha value is -0.970. The molecule has 0 radical (unpaired) electrons. The smallest absolute Gasteiger partial charge is 0.0803 e. The molecule has 0 saturated carbocycles. The Balaban J connectivity index is 2.24. The standard InChI is InChI=1S/C16H22ClN3S/c1-4-6-14-16(21-20-19-14)15(18-5-2)10-12-8-7-11(3)9-13(12)17/h7-9,15,18H,4-6,10H2,1-3H3. The number of aryl methyl sites for hydroxylation is 2. The Bertz CT molecular complexity index is 583. The van der Waals surface area contributed by atoms with Gasteiger partial charge in [-0.2, -0.15) is 0 Å². The highest BCUT2D eigenvalue weighted by Gasteiger charge is 2.19. The number of halogens is 1. The molecule has 0 bridgehead atoms. The summed E-state index contributed by atoms with van der Waals surface area (Å²) >= 11 is 7.88. The lowest BCUT2D eigenvalue weighted by Crippen LogP contribution is -2.23. The van der Waals surface area contributed by atoms with Gasteiger partial charge >= 0.3 is 0 Å². The van der Waals surface area contributed by atoms with Crippen LogP contribution in [0.5, 0.6) is 0 Å². The van der Waals surface area contributed by atoms with Crippen molar-refractivity contribution in [3.05, 3.63) is 44.9 Å². The van der Waals surface area contributed by atoms with Gasteiger partial charge in [-0.3, -0.25) is 0 Å². The maximum Gasteiger partial charge on any atom is 0.0803 e. The summed E-state index contributed by atoms with van der Waals surface area (Å²) in [6.07, 6.45) is 2.94. The van der Waals surface area contributed by atoms with Crippen molar-refractivity contribution in [3.63, 3.8) is 0 Å². The average Bonchev–Trinajstić information content (AvgIpc) is 2.90. The first kappa shape index (κ1) is 16.4. The van der Waals surface area contributed by atoms with Crippen LogP contribution in [0.2, 0.25) is 5.02 Å². The first-order chi connectivity index (χ1) is 10.2. The van der Waals surface area contributed by atoms with Crippen molar-refractivity contribution in [2.75, 3.05) is 6.54 Å². The topological polar surface area (TPSA) is 37.8 Å². The molecule has 0 fully saturated rings. The quantitative estimate of drug-likeness (QED) is 0.823. The highest BCUT2D eigenvalue weighted by Crippen LogP contribution is 2.28. The highest BCUT2D eigenvalue weighted by atomic mass is 35.5. The second-order valence-electron chi connectivity index (χ2n) is 5.24. The summed E-state index contributed by atoms with van der Waals surface area (Å²) in [5.74, 6) is 0. The van der Waals surface area contributed by atoms with Gasteiger partial charge < -0.3 is 5.32 Å². The van der Waals surface area contributed by atoms with Crippen molar-refractivity contribution in [1.29, 1.82) is 0 Å². The number of hydrogen-bond donors (Lipinski definition) is 1. The van der Waals surface area contributed by atoms with Gasteiger partial charge in [-0.15, -0.1) is 5.10 Å². The molecule has 1 N–H and O–H groups in total. The Morgan fingerprint density at radius 3 is 2.81 bits per heavy atom. The van der Waals surface area contributed by atoms with E-state index in [9.17, 15) is 0 Å². The van der Waals surface area contributed by atoms with Crippen LogP contribution in [0.15, 0.2) is 18.2 Å². The molecule has 21 heavy (non-hydrogen) atoms. The molecule has 2 aromatic rings. The minimum atomic E-state index is 0.233. The minimum Gasteiger partial charge on any atom is -0.309 e. The van der Waals surface area contributed by atoms with Crippen molar-refractivity contribution in [1.82, 2.24) is 14.9 Å². The number of hydrogen-bond acceptors (Lipinski definition) is 4. The van der Waals surface area contributed by atoms with E-state index in [-0.39, 0.29) is 6.04 Å². The van der Waals surface area contributed by atoms with E-state index in [1.165, 1.54) is 27.5 Å². The van der Waals surface area contributed by atoms with E-state index in [4.69, 9.17) is 11.6 Å². The molecule has 0 spiro atoms. The number of rotatable bonds is 7. The first-order valence-electron chi connectivity index (χ1n) is 7.45. The number of nitrogens with zero attached hydrogens (tertiary/aromatic N) is 2. The summed E-state index contributed by atoms with van der Waals surface area (Å²) < 4.78 is 4.14. The van der Waals surface area contributed by atoms with Gasteiger partial charge in [-0.05, 0) is 55.0 Å². The summed E-state index contributed by atoms with van der Waals surface area (Å²) in [6, 6.07) is 6.49. The van der Waals surface area contributed by atoms with Gasteiger partial charge in [0, 0.05) is 11.1 Å². The zero-order valence-corrected chi connectivity index (χ0v) is 14.4. The van der Waals surface area contributed by atoms with E-state index in [0.29, 0.717) is 0 Å². The lowest BCUT2D eigenvalue weighted by atomic mass is 10.0. The molecule has 0 aliphatic heterocycles. The molecule has 0 saturated heterocycles. The van der Waals surface area contributed by atoms with Crippen molar-refractivity contribution >= 4 is 23.1 Å². The van der Waals surface area contributed by atoms with Crippen LogP contribution in [0.4, 0.5) is 0 Å². The number of nitrogens with one attached hydrogen (secondary N) is 1. The zero-order valence-electron chi connectivity index (χ0n) is 12.8. The van der Waals surface area contributed by atoms with Gasteiger partial charge in [0.25, 0.3) is 0 Å². The van der Waals surface area contributed by atoms with Crippen LogP contribution in [0.1, 0.15) is 48.0 Å². The molecular weight excluding hydrogens is 302 g/mol. The normalized spacial score (nSPS) is 12.6. The summed E-state index contributed by atoms with van der Waals surface area (Å²) in [5, 5.41) is 8.67. The van der Waals surface area contributed by atoms with Gasteiger partial charge in [0.1, 0.15) is 0 Å². The van der Waals surface area contributed by atoms with Crippen LogP contribution in [0.3, 0.4) is 0 Å². The molecule has 5 heteroatoms.